The first-order valence-corrected chi connectivity index (χ1v) is 10.3. The van der Waals surface area contributed by atoms with Crippen LogP contribution in [0.1, 0.15) is 34.3 Å². The molecule has 5 nitrogen and oxygen atoms in total. The molecule has 0 radical (unpaired) electrons. The number of aryl methyl sites for hydroxylation is 3. The molecule has 1 amide bonds. The zero-order valence-corrected chi connectivity index (χ0v) is 18.4. The maximum Gasteiger partial charge on any atom is 0.300 e. The van der Waals surface area contributed by atoms with E-state index >= 15 is 0 Å². The standard InChI is InChI=1S/C24H20BrNO4/c1-13-7-8-14(2)18(11-13)22(27)20-21(19-10-9-15(3)30-19)26(24(29)23(20)28)17-6-4-5-16(25)12-17/h4-12,21,27H,1-3H3/b22-20-. The zero-order chi connectivity index (χ0) is 21.6. The Labute approximate surface area is 182 Å². The molecule has 4 rings (SSSR count). The monoisotopic (exact) mass is 465 g/mol. The van der Waals surface area contributed by atoms with Crippen molar-refractivity contribution in [2.45, 2.75) is 26.8 Å². The molecule has 1 aliphatic heterocycles. The molecule has 1 fully saturated rings. The first kappa shape index (κ1) is 20.2. The van der Waals surface area contributed by atoms with Gasteiger partial charge in [-0.1, -0.05) is 39.7 Å². The Hall–Kier alpha value is -3.12. The van der Waals surface area contributed by atoms with Crippen molar-refractivity contribution in [3.05, 3.63) is 92.9 Å². The number of anilines is 1. The largest absolute Gasteiger partial charge is 0.507 e. The van der Waals surface area contributed by atoms with Crippen molar-refractivity contribution in [1.82, 2.24) is 0 Å². The van der Waals surface area contributed by atoms with Crippen molar-refractivity contribution < 1.29 is 19.1 Å². The smallest absolute Gasteiger partial charge is 0.300 e. The van der Waals surface area contributed by atoms with Gasteiger partial charge in [-0.2, -0.15) is 0 Å². The molecule has 0 aliphatic carbocycles. The third kappa shape index (κ3) is 3.37. The van der Waals surface area contributed by atoms with Crippen LogP contribution in [0.25, 0.3) is 5.76 Å². The van der Waals surface area contributed by atoms with Crippen LogP contribution in [0.4, 0.5) is 5.69 Å². The van der Waals surface area contributed by atoms with Gasteiger partial charge in [0.15, 0.2) is 0 Å². The first-order valence-electron chi connectivity index (χ1n) is 9.48. The summed E-state index contributed by atoms with van der Waals surface area (Å²) in [5, 5.41) is 11.2. The van der Waals surface area contributed by atoms with Crippen LogP contribution < -0.4 is 4.90 Å². The predicted molar refractivity (Wildman–Crippen MR) is 118 cm³/mol. The molecule has 1 atom stereocenters. The number of furan rings is 1. The Kier molecular flexibility index (Phi) is 5.12. The quantitative estimate of drug-likeness (QED) is 0.310. The lowest BCUT2D eigenvalue weighted by molar-refractivity contribution is -0.132. The summed E-state index contributed by atoms with van der Waals surface area (Å²) in [4.78, 5) is 27.6. The summed E-state index contributed by atoms with van der Waals surface area (Å²) in [5.41, 5.74) is 2.82. The minimum Gasteiger partial charge on any atom is -0.507 e. The lowest BCUT2D eigenvalue weighted by Crippen LogP contribution is -2.29. The number of hydrogen-bond donors (Lipinski definition) is 1. The Morgan fingerprint density at radius 2 is 1.80 bits per heavy atom. The Balaban J connectivity index is 1.98. The van der Waals surface area contributed by atoms with Gasteiger partial charge >= 0.3 is 0 Å². The van der Waals surface area contributed by atoms with Crippen LogP contribution in [0.5, 0.6) is 0 Å². The van der Waals surface area contributed by atoms with Gasteiger partial charge in [0.25, 0.3) is 11.7 Å². The highest BCUT2D eigenvalue weighted by Gasteiger charge is 2.48. The van der Waals surface area contributed by atoms with E-state index in [9.17, 15) is 14.7 Å². The summed E-state index contributed by atoms with van der Waals surface area (Å²) in [6, 6.07) is 15.4. The second-order valence-corrected chi connectivity index (χ2v) is 8.33. The van der Waals surface area contributed by atoms with E-state index in [1.54, 1.807) is 37.3 Å². The zero-order valence-electron chi connectivity index (χ0n) is 16.8. The van der Waals surface area contributed by atoms with Crippen LogP contribution in [0.15, 0.2) is 69.1 Å². The lowest BCUT2D eigenvalue weighted by Gasteiger charge is -2.23. The third-order valence-electron chi connectivity index (χ3n) is 5.21. The van der Waals surface area contributed by atoms with Crippen molar-refractivity contribution in [3.8, 4) is 0 Å². The van der Waals surface area contributed by atoms with Gasteiger partial charge in [-0.25, -0.2) is 0 Å². The number of Topliss-reactive ketones (excluding diaryl/α,β-unsaturated/α-hetero) is 1. The third-order valence-corrected chi connectivity index (χ3v) is 5.70. The van der Waals surface area contributed by atoms with Crippen molar-refractivity contribution in [3.63, 3.8) is 0 Å². The summed E-state index contributed by atoms with van der Waals surface area (Å²) in [5.74, 6) is -0.590. The minimum absolute atomic E-state index is 0.0167. The number of carbonyl (C=O) groups excluding carboxylic acids is 2. The van der Waals surface area contributed by atoms with E-state index in [2.05, 4.69) is 15.9 Å². The molecule has 1 N–H and O–H groups in total. The van der Waals surface area contributed by atoms with Gasteiger partial charge in [0, 0.05) is 15.7 Å². The maximum atomic E-state index is 13.1. The fraction of sp³-hybridized carbons (Fsp3) is 0.167. The topological polar surface area (TPSA) is 70.8 Å². The van der Waals surface area contributed by atoms with E-state index in [1.165, 1.54) is 4.90 Å². The maximum absolute atomic E-state index is 13.1. The SMILES string of the molecule is Cc1ccc(C)c(/C(O)=C2/C(=O)C(=O)N(c3cccc(Br)c3)C2c2ccc(C)o2)c1. The summed E-state index contributed by atoms with van der Waals surface area (Å²) in [6.07, 6.45) is 0. The van der Waals surface area contributed by atoms with Crippen molar-refractivity contribution >= 4 is 39.1 Å². The van der Waals surface area contributed by atoms with Gasteiger partial charge in [0.1, 0.15) is 23.3 Å². The number of carbonyl (C=O) groups is 2. The molecular formula is C24H20BrNO4. The van der Waals surface area contributed by atoms with Crippen LogP contribution in [-0.2, 0) is 9.59 Å². The van der Waals surface area contributed by atoms with Crippen LogP contribution in [-0.4, -0.2) is 16.8 Å². The molecular weight excluding hydrogens is 446 g/mol. The van der Waals surface area contributed by atoms with Gasteiger partial charge in [-0.15, -0.1) is 0 Å². The average Bonchev–Trinajstić information content (AvgIpc) is 3.24. The Morgan fingerprint density at radius 1 is 1.03 bits per heavy atom. The number of halogens is 1. The molecule has 6 heteroatoms. The minimum atomic E-state index is -0.868. The second kappa shape index (κ2) is 7.61. The molecule has 1 aromatic heterocycles. The van der Waals surface area contributed by atoms with Crippen LogP contribution >= 0.6 is 15.9 Å². The number of hydrogen-bond acceptors (Lipinski definition) is 4. The summed E-state index contributed by atoms with van der Waals surface area (Å²) >= 11 is 3.42. The molecule has 0 saturated carbocycles. The first-order chi connectivity index (χ1) is 14.3. The van der Waals surface area contributed by atoms with E-state index in [0.717, 1.165) is 15.6 Å². The van der Waals surface area contributed by atoms with Gasteiger partial charge < -0.3 is 9.52 Å². The second-order valence-electron chi connectivity index (χ2n) is 7.42. The molecule has 30 heavy (non-hydrogen) atoms. The molecule has 1 aliphatic rings. The number of aliphatic hydroxyl groups is 1. The molecule has 152 valence electrons. The molecule has 2 aromatic carbocycles. The average molecular weight is 466 g/mol. The summed E-state index contributed by atoms with van der Waals surface area (Å²) < 4.78 is 6.58. The van der Waals surface area contributed by atoms with Gasteiger partial charge in [0.05, 0.1) is 5.57 Å². The lowest BCUT2D eigenvalue weighted by atomic mass is 9.96. The number of nitrogens with zero attached hydrogens (tertiary/aromatic N) is 1. The molecule has 0 spiro atoms. The predicted octanol–water partition coefficient (Wildman–Crippen LogP) is 5.59. The number of ketones is 1. The van der Waals surface area contributed by atoms with E-state index in [4.69, 9.17) is 4.42 Å². The molecule has 1 saturated heterocycles. The fourth-order valence-electron chi connectivity index (χ4n) is 3.73. The van der Waals surface area contributed by atoms with Gasteiger partial charge in [0.2, 0.25) is 0 Å². The van der Waals surface area contributed by atoms with Gasteiger partial charge in [-0.3, -0.25) is 14.5 Å². The van der Waals surface area contributed by atoms with E-state index < -0.39 is 17.7 Å². The fourth-order valence-corrected chi connectivity index (χ4v) is 4.12. The molecule has 2 heterocycles. The van der Waals surface area contributed by atoms with E-state index in [-0.39, 0.29) is 11.3 Å². The highest BCUT2D eigenvalue weighted by molar-refractivity contribution is 9.10. The van der Waals surface area contributed by atoms with E-state index in [1.807, 2.05) is 38.1 Å². The van der Waals surface area contributed by atoms with Crippen LogP contribution in [0.3, 0.4) is 0 Å². The summed E-state index contributed by atoms with van der Waals surface area (Å²) in [6.45, 7) is 5.55. The molecule has 1 unspecified atom stereocenters. The van der Waals surface area contributed by atoms with E-state index in [0.29, 0.717) is 22.8 Å². The highest BCUT2D eigenvalue weighted by Crippen LogP contribution is 2.43. The number of aliphatic hydroxyl groups excluding tert-OH is 1. The highest BCUT2D eigenvalue weighted by atomic mass is 79.9. The van der Waals surface area contributed by atoms with Crippen LogP contribution in [0.2, 0.25) is 0 Å². The number of rotatable bonds is 3. The normalized spacial score (nSPS) is 18.3. The van der Waals surface area contributed by atoms with Crippen LogP contribution in [0, 0.1) is 20.8 Å². The number of amides is 1. The van der Waals surface area contributed by atoms with Crippen molar-refractivity contribution in [1.29, 1.82) is 0 Å². The molecule has 0 bridgehead atoms. The van der Waals surface area contributed by atoms with Crippen molar-refractivity contribution in [2.24, 2.45) is 0 Å². The Morgan fingerprint density at radius 3 is 2.47 bits per heavy atom. The number of benzene rings is 2. The Bertz CT molecular complexity index is 1210. The summed E-state index contributed by atoms with van der Waals surface area (Å²) in [7, 11) is 0. The molecule has 3 aromatic rings. The van der Waals surface area contributed by atoms with Crippen molar-refractivity contribution in [2.75, 3.05) is 4.90 Å². The van der Waals surface area contributed by atoms with Gasteiger partial charge in [-0.05, 0) is 62.7 Å².